The van der Waals surface area contributed by atoms with Crippen molar-refractivity contribution in [2.75, 3.05) is 7.05 Å². The molecule has 108 valence electrons. The zero-order valence-corrected chi connectivity index (χ0v) is 12.6. The van der Waals surface area contributed by atoms with Gasteiger partial charge in [0.15, 0.2) is 0 Å². The molecule has 1 amide bonds. The third-order valence-electron chi connectivity index (χ3n) is 2.82. The Morgan fingerprint density at radius 3 is 2.11 bits per heavy atom. The molecule has 0 radical (unpaired) electrons. The second-order valence-corrected chi connectivity index (χ2v) is 4.61. The van der Waals surface area contributed by atoms with Gasteiger partial charge >= 0.3 is 5.97 Å². The summed E-state index contributed by atoms with van der Waals surface area (Å²) in [4.78, 5) is 24.5. The number of carboxylic acids is 1. The van der Waals surface area contributed by atoms with Gasteiger partial charge in [-0.15, -0.1) is 12.4 Å². The van der Waals surface area contributed by atoms with Gasteiger partial charge in [0.05, 0.1) is 6.04 Å². The number of carbonyl (C=O) groups is 2. The highest BCUT2D eigenvalue weighted by Crippen LogP contribution is 2.03. The maximum atomic E-state index is 11.9. The minimum Gasteiger partial charge on any atom is -0.480 e. The van der Waals surface area contributed by atoms with Crippen molar-refractivity contribution in [2.24, 2.45) is 0 Å². The van der Waals surface area contributed by atoms with E-state index in [2.05, 4.69) is 5.32 Å². The third kappa shape index (κ3) is 6.21. The number of nitrogens with one attached hydrogen (secondary N) is 1. The van der Waals surface area contributed by atoms with E-state index in [1.165, 1.54) is 0 Å². The quantitative estimate of drug-likeness (QED) is 0.742. The van der Waals surface area contributed by atoms with Gasteiger partial charge < -0.3 is 10.0 Å². The Hall–Kier alpha value is -0.810. The highest BCUT2D eigenvalue weighted by molar-refractivity contribution is 5.85. The highest BCUT2D eigenvalue weighted by atomic mass is 35.5. The van der Waals surface area contributed by atoms with Crippen LogP contribution in [0, 0.1) is 0 Å². The van der Waals surface area contributed by atoms with Crippen molar-refractivity contribution in [3.05, 3.63) is 0 Å². The van der Waals surface area contributed by atoms with Crippen molar-refractivity contribution in [3.8, 4) is 0 Å². The van der Waals surface area contributed by atoms with E-state index in [0.29, 0.717) is 6.42 Å². The van der Waals surface area contributed by atoms with Crippen molar-refractivity contribution < 1.29 is 14.7 Å². The minimum atomic E-state index is -0.904. The Morgan fingerprint density at radius 2 is 1.78 bits per heavy atom. The number of aliphatic carboxylic acids is 1. The summed E-state index contributed by atoms with van der Waals surface area (Å²) in [7, 11) is 1.72. The third-order valence-corrected chi connectivity index (χ3v) is 2.82. The molecule has 2 N–H and O–H groups in total. The zero-order valence-electron chi connectivity index (χ0n) is 11.8. The van der Waals surface area contributed by atoms with E-state index >= 15 is 0 Å². The number of rotatable bonds is 7. The molecule has 0 saturated carbocycles. The zero-order chi connectivity index (χ0) is 13.6. The van der Waals surface area contributed by atoms with Gasteiger partial charge in [-0.2, -0.15) is 0 Å². The van der Waals surface area contributed by atoms with E-state index in [1.54, 1.807) is 18.9 Å². The number of likely N-dealkylation sites (N-methyl/N-ethyl adjacent to an activating group) is 1. The molecule has 0 bridgehead atoms. The first kappa shape index (κ1) is 19.5. The Bertz CT molecular complexity index is 272. The smallest absolute Gasteiger partial charge is 0.320 e. The average Bonchev–Trinajstić information content (AvgIpc) is 2.25. The van der Waals surface area contributed by atoms with Crippen LogP contribution in [0.1, 0.15) is 40.5 Å². The fraction of sp³-hybridized carbons (Fsp3) is 0.833. The Balaban J connectivity index is 0. The van der Waals surface area contributed by atoms with E-state index < -0.39 is 18.1 Å². The lowest BCUT2D eigenvalue weighted by atomic mass is 10.1. The van der Waals surface area contributed by atoms with Gasteiger partial charge in [-0.1, -0.05) is 13.3 Å². The molecule has 2 unspecified atom stereocenters. The summed E-state index contributed by atoms with van der Waals surface area (Å²) in [5.74, 6) is -0.985. The molecule has 0 aliphatic carbocycles. The Labute approximate surface area is 115 Å². The van der Waals surface area contributed by atoms with Crippen LogP contribution in [0.5, 0.6) is 0 Å². The molecule has 18 heavy (non-hydrogen) atoms. The Morgan fingerprint density at radius 1 is 1.28 bits per heavy atom. The summed E-state index contributed by atoms with van der Waals surface area (Å²) < 4.78 is 0. The molecule has 0 aliphatic heterocycles. The fourth-order valence-corrected chi connectivity index (χ4v) is 1.50. The van der Waals surface area contributed by atoms with Crippen LogP contribution >= 0.6 is 12.4 Å². The maximum absolute atomic E-state index is 11.9. The summed E-state index contributed by atoms with van der Waals surface area (Å²) >= 11 is 0. The molecule has 0 aromatic rings. The predicted molar refractivity (Wildman–Crippen MR) is 74.1 cm³/mol. The van der Waals surface area contributed by atoms with Gasteiger partial charge in [0, 0.05) is 13.1 Å². The summed E-state index contributed by atoms with van der Waals surface area (Å²) in [6, 6.07) is -1.02. The number of hydrogen-bond acceptors (Lipinski definition) is 3. The van der Waals surface area contributed by atoms with Crippen molar-refractivity contribution in [2.45, 2.75) is 58.7 Å². The molecule has 0 saturated heterocycles. The second-order valence-electron chi connectivity index (χ2n) is 4.61. The van der Waals surface area contributed by atoms with Crippen LogP contribution in [-0.2, 0) is 9.59 Å². The van der Waals surface area contributed by atoms with Gasteiger partial charge in [0.25, 0.3) is 0 Å². The fourth-order valence-electron chi connectivity index (χ4n) is 1.50. The van der Waals surface area contributed by atoms with E-state index in [1.807, 2.05) is 20.8 Å². The van der Waals surface area contributed by atoms with E-state index in [-0.39, 0.29) is 24.4 Å². The highest BCUT2D eigenvalue weighted by Gasteiger charge is 2.24. The molecule has 0 fully saturated rings. The first-order valence-corrected chi connectivity index (χ1v) is 6.06. The summed E-state index contributed by atoms with van der Waals surface area (Å²) in [6.45, 7) is 7.47. The first-order chi connectivity index (χ1) is 7.81. The van der Waals surface area contributed by atoms with Crippen molar-refractivity contribution in [1.82, 2.24) is 10.2 Å². The maximum Gasteiger partial charge on any atom is 0.320 e. The Kier molecular flexibility index (Phi) is 9.94. The molecule has 0 heterocycles. The largest absolute Gasteiger partial charge is 0.480 e. The average molecular weight is 281 g/mol. The lowest BCUT2D eigenvalue weighted by Gasteiger charge is -2.27. The van der Waals surface area contributed by atoms with Crippen LogP contribution < -0.4 is 5.32 Å². The molecule has 0 aromatic heterocycles. The van der Waals surface area contributed by atoms with Crippen molar-refractivity contribution in [3.63, 3.8) is 0 Å². The first-order valence-electron chi connectivity index (χ1n) is 6.06. The molecule has 6 heteroatoms. The molecule has 0 aliphatic rings. The molecule has 0 spiro atoms. The normalized spacial score (nSPS) is 13.7. The van der Waals surface area contributed by atoms with Gasteiger partial charge in [0.2, 0.25) is 5.91 Å². The number of carboxylic acid groups (broad SMARTS) is 1. The number of nitrogens with zero attached hydrogens (tertiary/aromatic N) is 1. The van der Waals surface area contributed by atoms with Crippen LogP contribution in [0.3, 0.4) is 0 Å². The van der Waals surface area contributed by atoms with Crippen LogP contribution in [0.4, 0.5) is 0 Å². The lowest BCUT2D eigenvalue weighted by molar-refractivity contribution is -0.140. The number of carbonyl (C=O) groups excluding carboxylic acids is 1. The number of halogens is 1. The van der Waals surface area contributed by atoms with Gasteiger partial charge in [-0.25, -0.2) is 0 Å². The summed E-state index contributed by atoms with van der Waals surface area (Å²) in [5, 5.41) is 11.9. The molecular formula is C12H25ClN2O3. The SMILES string of the molecule is CCCC(NC(C)C(=O)N(C)C(C)C)C(=O)O.Cl. The second kappa shape index (κ2) is 9.16. The van der Waals surface area contributed by atoms with E-state index in [4.69, 9.17) is 5.11 Å². The lowest BCUT2D eigenvalue weighted by Crippen LogP contribution is -2.51. The minimum absolute atomic E-state index is 0. The molecule has 0 rings (SSSR count). The molecule has 2 atom stereocenters. The standard InChI is InChI=1S/C12H24N2O3.ClH/c1-6-7-10(12(16)17)13-9(4)11(15)14(5)8(2)3;/h8-10,13H,6-7H2,1-5H3,(H,16,17);1H. The van der Waals surface area contributed by atoms with Gasteiger partial charge in [-0.05, 0) is 27.2 Å². The van der Waals surface area contributed by atoms with Crippen LogP contribution in [0.15, 0.2) is 0 Å². The molecule has 5 nitrogen and oxygen atoms in total. The number of hydrogen-bond donors (Lipinski definition) is 2. The predicted octanol–water partition coefficient (Wildman–Crippen LogP) is 1.51. The van der Waals surface area contributed by atoms with Crippen molar-refractivity contribution >= 4 is 24.3 Å². The number of amides is 1. The van der Waals surface area contributed by atoms with Crippen LogP contribution in [0.25, 0.3) is 0 Å². The monoisotopic (exact) mass is 280 g/mol. The molecule has 0 aromatic carbocycles. The van der Waals surface area contributed by atoms with Crippen LogP contribution in [0.2, 0.25) is 0 Å². The van der Waals surface area contributed by atoms with Crippen LogP contribution in [-0.4, -0.2) is 47.1 Å². The van der Waals surface area contributed by atoms with E-state index in [9.17, 15) is 9.59 Å². The van der Waals surface area contributed by atoms with Gasteiger partial charge in [-0.3, -0.25) is 14.9 Å². The van der Waals surface area contributed by atoms with Crippen molar-refractivity contribution in [1.29, 1.82) is 0 Å². The summed E-state index contributed by atoms with van der Waals surface area (Å²) in [6.07, 6.45) is 1.29. The van der Waals surface area contributed by atoms with E-state index in [0.717, 1.165) is 6.42 Å². The van der Waals surface area contributed by atoms with Gasteiger partial charge in [0.1, 0.15) is 6.04 Å². The topological polar surface area (TPSA) is 69.6 Å². The summed E-state index contributed by atoms with van der Waals surface area (Å²) in [5.41, 5.74) is 0. The molecular weight excluding hydrogens is 256 g/mol.